The highest BCUT2D eigenvalue weighted by Crippen LogP contribution is 2.20. The zero-order valence-electron chi connectivity index (χ0n) is 18.3. The molecule has 2 N–H and O–H groups in total. The van der Waals surface area contributed by atoms with Crippen LogP contribution >= 0.6 is 11.3 Å². The van der Waals surface area contributed by atoms with Gasteiger partial charge in [0, 0.05) is 35.8 Å². The molecular formula is C24H31N5OS. The molecule has 1 aliphatic rings. The first-order valence-electron chi connectivity index (χ1n) is 11.0. The fourth-order valence-electron chi connectivity index (χ4n) is 4.19. The lowest BCUT2D eigenvalue weighted by Crippen LogP contribution is -2.41. The molecule has 0 saturated carbocycles. The molecule has 3 aromatic rings. The number of nitrogens with one attached hydrogen (secondary N) is 2. The van der Waals surface area contributed by atoms with Crippen LogP contribution in [0.1, 0.15) is 34.7 Å². The van der Waals surface area contributed by atoms with Gasteiger partial charge in [-0.05, 0) is 69.3 Å². The van der Waals surface area contributed by atoms with Crippen LogP contribution in [0, 0.1) is 19.8 Å². The molecule has 164 valence electrons. The van der Waals surface area contributed by atoms with Crippen LogP contribution in [0.2, 0.25) is 0 Å². The van der Waals surface area contributed by atoms with E-state index >= 15 is 0 Å². The molecule has 1 fully saturated rings. The molecule has 0 bridgehead atoms. The van der Waals surface area contributed by atoms with Crippen LogP contribution in [0.4, 0.5) is 4.79 Å². The molecule has 7 heteroatoms. The summed E-state index contributed by atoms with van der Waals surface area (Å²) in [6, 6.07) is 14.3. The molecule has 0 radical (unpaired) electrons. The number of urea groups is 1. The molecule has 1 aromatic carbocycles. The van der Waals surface area contributed by atoms with E-state index in [1.807, 2.05) is 60.2 Å². The average molecular weight is 438 g/mol. The number of aryl methyl sites for hydroxylation is 1. The van der Waals surface area contributed by atoms with E-state index in [1.54, 1.807) is 0 Å². The summed E-state index contributed by atoms with van der Waals surface area (Å²) in [4.78, 5) is 16.3. The standard InChI is InChI=1S/C24H31N5OS/c1-18-23(19(2)29(27-18)21-7-4-3-5-8-21)16-26-24(30)25-15-20-10-12-28(13-11-20)17-22-9-6-14-31-22/h3-9,14,20H,10-13,15-17H2,1-2H3,(H2,25,26,30). The Bertz CT molecular complexity index is 975. The second kappa shape index (κ2) is 10.1. The van der Waals surface area contributed by atoms with Gasteiger partial charge in [0.15, 0.2) is 0 Å². The van der Waals surface area contributed by atoms with Crippen molar-refractivity contribution in [3.05, 3.63) is 69.7 Å². The predicted molar refractivity (Wildman–Crippen MR) is 126 cm³/mol. The second-order valence-corrected chi connectivity index (χ2v) is 9.29. The van der Waals surface area contributed by atoms with Crippen LogP contribution in [-0.4, -0.2) is 40.3 Å². The van der Waals surface area contributed by atoms with Gasteiger partial charge in [-0.25, -0.2) is 9.48 Å². The minimum Gasteiger partial charge on any atom is -0.338 e. The third kappa shape index (κ3) is 5.54. The number of likely N-dealkylation sites (tertiary alicyclic amines) is 1. The number of rotatable bonds is 7. The van der Waals surface area contributed by atoms with Crippen molar-refractivity contribution >= 4 is 17.4 Å². The van der Waals surface area contributed by atoms with Crippen LogP contribution in [-0.2, 0) is 13.1 Å². The van der Waals surface area contributed by atoms with E-state index in [9.17, 15) is 4.79 Å². The van der Waals surface area contributed by atoms with Crippen LogP contribution < -0.4 is 10.6 Å². The average Bonchev–Trinajstić information content (AvgIpc) is 3.40. The molecule has 2 amide bonds. The number of aromatic nitrogens is 2. The topological polar surface area (TPSA) is 62.2 Å². The number of para-hydroxylation sites is 1. The van der Waals surface area contributed by atoms with Crippen molar-refractivity contribution in [3.63, 3.8) is 0 Å². The monoisotopic (exact) mass is 437 g/mol. The SMILES string of the molecule is Cc1nn(-c2ccccc2)c(C)c1CNC(=O)NCC1CCN(Cc2cccs2)CC1. The normalized spacial score (nSPS) is 15.2. The van der Waals surface area contributed by atoms with E-state index in [0.717, 1.165) is 61.7 Å². The number of thiophene rings is 1. The highest BCUT2D eigenvalue weighted by Gasteiger charge is 2.20. The molecule has 3 heterocycles. The van der Waals surface area contributed by atoms with Gasteiger partial charge in [0.25, 0.3) is 0 Å². The van der Waals surface area contributed by atoms with Crippen molar-refractivity contribution in [1.82, 2.24) is 25.3 Å². The summed E-state index contributed by atoms with van der Waals surface area (Å²) in [5.41, 5.74) is 4.10. The minimum absolute atomic E-state index is 0.104. The Labute approximate surface area is 188 Å². The largest absolute Gasteiger partial charge is 0.338 e. The molecule has 6 nitrogen and oxygen atoms in total. The van der Waals surface area contributed by atoms with E-state index in [0.29, 0.717) is 12.5 Å². The maximum atomic E-state index is 12.4. The Morgan fingerprint density at radius 2 is 1.87 bits per heavy atom. The lowest BCUT2D eigenvalue weighted by Gasteiger charge is -2.31. The predicted octanol–water partition coefficient (Wildman–Crippen LogP) is 4.26. The summed E-state index contributed by atoms with van der Waals surface area (Å²) in [7, 11) is 0. The van der Waals surface area contributed by atoms with E-state index in [1.165, 1.54) is 4.88 Å². The van der Waals surface area contributed by atoms with Crippen molar-refractivity contribution in [3.8, 4) is 5.69 Å². The fourth-order valence-corrected chi connectivity index (χ4v) is 4.94. The number of amides is 2. The molecule has 0 unspecified atom stereocenters. The van der Waals surface area contributed by atoms with Crippen molar-refractivity contribution in [2.75, 3.05) is 19.6 Å². The van der Waals surface area contributed by atoms with Gasteiger partial charge in [-0.1, -0.05) is 24.3 Å². The molecule has 1 saturated heterocycles. The van der Waals surface area contributed by atoms with Gasteiger partial charge in [-0.2, -0.15) is 5.10 Å². The number of hydrogen-bond donors (Lipinski definition) is 2. The Kier molecular flexibility index (Phi) is 7.04. The number of carbonyl (C=O) groups is 1. The number of benzene rings is 1. The van der Waals surface area contributed by atoms with Gasteiger partial charge in [0.2, 0.25) is 0 Å². The van der Waals surface area contributed by atoms with E-state index in [4.69, 9.17) is 0 Å². The highest BCUT2D eigenvalue weighted by molar-refractivity contribution is 7.09. The summed E-state index contributed by atoms with van der Waals surface area (Å²) in [5.74, 6) is 0.551. The summed E-state index contributed by atoms with van der Waals surface area (Å²) >= 11 is 1.82. The third-order valence-corrected chi connectivity index (χ3v) is 6.95. The Morgan fingerprint density at radius 3 is 2.58 bits per heavy atom. The van der Waals surface area contributed by atoms with Gasteiger partial charge < -0.3 is 10.6 Å². The number of carbonyl (C=O) groups excluding carboxylic acids is 1. The molecule has 1 aliphatic heterocycles. The van der Waals surface area contributed by atoms with Crippen LogP contribution in [0.5, 0.6) is 0 Å². The molecular weight excluding hydrogens is 406 g/mol. The van der Waals surface area contributed by atoms with Gasteiger partial charge in [0.05, 0.1) is 11.4 Å². The number of hydrogen-bond acceptors (Lipinski definition) is 4. The Morgan fingerprint density at radius 1 is 1.10 bits per heavy atom. The lowest BCUT2D eigenvalue weighted by atomic mass is 9.97. The molecule has 31 heavy (non-hydrogen) atoms. The number of piperidine rings is 1. The third-order valence-electron chi connectivity index (χ3n) is 6.09. The first-order valence-corrected chi connectivity index (χ1v) is 11.8. The summed E-state index contributed by atoms with van der Waals surface area (Å²) in [6.45, 7) is 8.51. The van der Waals surface area contributed by atoms with Crippen molar-refractivity contribution < 1.29 is 4.79 Å². The molecule has 0 aliphatic carbocycles. The fraction of sp³-hybridized carbons (Fsp3) is 0.417. The van der Waals surface area contributed by atoms with Gasteiger partial charge >= 0.3 is 6.03 Å². The smallest absolute Gasteiger partial charge is 0.315 e. The van der Waals surface area contributed by atoms with Crippen LogP contribution in [0.15, 0.2) is 47.8 Å². The quantitative estimate of drug-likeness (QED) is 0.581. The van der Waals surface area contributed by atoms with Crippen LogP contribution in [0.3, 0.4) is 0 Å². The molecule has 0 atom stereocenters. The lowest BCUT2D eigenvalue weighted by molar-refractivity contribution is 0.176. The van der Waals surface area contributed by atoms with Crippen LogP contribution in [0.25, 0.3) is 5.69 Å². The minimum atomic E-state index is -0.104. The molecule has 4 rings (SSSR count). The van der Waals surface area contributed by atoms with E-state index in [2.05, 4.69) is 38.1 Å². The summed E-state index contributed by atoms with van der Waals surface area (Å²) in [5, 5.41) is 12.9. The maximum absolute atomic E-state index is 12.4. The number of nitrogens with zero attached hydrogens (tertiary/aromatic N) is 3. The first kappa shape index (κ1) is 21.6. The maximum Gasteiger partial charge on any atom is 0.315 e. The molecule has 2 aromatic heterocycles. The van der Waals surface area contributed by atoms with Crippen molar-refractivity contribution in [2.45, 2.75) is 39.8 Å². The zero-order valence-corrected chi connectivity index (χ0v) is 19.1. The molecule has 0 spiro atoms. The van der Waals surface area contributed by atoms with E-state index < -0.39 is 0 Å². The van der Waals surface area contributed by atoms with Gasteiger partial charge in [-0.15, -0.1) is 11.3 Å². The van der Waals surface area contributed by atoms with Gasteiger partial charge in [0.1, 0.15) is 0 Å². The summed E-state index contributed by atoms with van der Waals surface area (Å²) in [6.07, 6.45) is 2.27. The zero-order chi connectivity index (χ0) is 21.6. The Hall–Kier alpha value is -2.64. The van der Waals surface area contributed by atoms with E-state index in [-0.39, 0.29) is 6.03 Å². The Balaban J connectivity index is 1.21. The van der Waals surface area contributed by atoms with Crippen molar-refractivity contribution in [2.24, 2.45) is 5.92 Å². The van der Waals surface area contributed by atoms with Gasteiger partial charge in [-0.3, -0.25) is 4.90 Å². The van der Waals surface area contributed by atoms with Crippen molar-refractivity contribution in [1.29, 1.82) is 0 Å². The second-order valence-electron chi connectivity index (χ2n) is 8.26. The summed E-state index contributed by atoms with van der Waals surface area (Å²) < 4.78 is 1.94. The first-order chi connectivity index (χ1) is 15.1. The highest BCUT2D eigenvalue weighted by atomic mass is 32.1.